The number of hydrogen-bond acceptors (Lipinski definition) is 2. The summed E-state index contributed by atoms with van der Waals surface area (Å²) in [6, 6.07) is 9.46. The Labute approximate surface area is 109 Å². The summed E-state index contributed by atoms with van der Waals surface area (Å²) in [5, 5.41) is 8.68. The Morgan fingerprint density at radius 1 is 1.39 bits per heavy atom. The molecule has 18 heavy (non-hydrogen) atoms. The summed E-state index contributed by atoms with van der Waals surface area (Å²) in [6.07, 6.45) is 2.46. The average molecular weight is 244 g/mol. The lowest BCUT2D eigenvalue weighted by Crippen LogP contribution is -2.31. The number of nitriles is 1. The highest BCUT2D eigenvalue weighted by Gasteiger charge is 2.13. The lowest BCUT2D eigenvalue weighted by molar-refractivity contribution is 0.0762. The van der Waals surface area contributed by atoms with Gasteiger partial charge < -0.3 is 4.90 Å². The predicted molar refractivity (Wildman–Crippen MR) is 72.2 cm³/mol. The van der Waals surface area contributed by atoms with Crippen LogP contribution in [0, 0.1) is 11.3 Å². The first kappa shape index (κ1) is 14.2. The molecule has 1 aromatic rings. The summed E-state index contributed by atoms with van der Waals surface area (Å²) in [7, 11) is 0. The number of amides is 1. The van der Waals surface area contributed by atoms with E-state index in [0.717, 1.165) is 31.5 Å². The molecule has 0 saturated carbocycles. The largest absolute Gasteiger partial charge is 0.339 e. The van der Waals surface area contributed by atoms with Gasteiger partial charge in [-0.05, 0) is 31.0 Å². The minimum Gasteiger partial charge on any atom is -0.339 e. The topological polar surface area (TPSA) is 44.1 Å². The van der Waals surface area contributed by atoms with Crippen LogP contribution in [0.4, 0.5) is 0 Å². The molecule has 3 nitrogen and oxygen atoms in total. The molecule has 0 aliphatic carbocycles. The van der Waals surface area contributed by atoms with E-state index in [4.69, 9.17) is 5.26 Å². The molecule has 0 atom stereocenters. The SMILES string of the molecule is CCCCN(CC)C(=O)c1cccc(CC#N)c1. The highest BCUT2D eigenvalue weighted by molar-refractivity contribution is 5.94. The highest BCUT2D eigenvalue weighted by atomic mass is 16.2. The molecule has 0 bridgehead atoms. The fourth-order valence-corrected chi connectivity index (χ4v) is 1.84. The Morgan fingerprint density at radius 3 is 2.78 bits per heavy atom. The number of hydrogen-bond donors (Lipinski definition) is 0. The minimum atomic E-state index is 0.0609. The molecule has 0 aliphatic heterocycles. The molecule has 1 amide bonds. The molecular formula is C15H20N2O. The lowest BCUT2D eigenvalue weighted by atomic mass is 10.1. The van der Waals surface area contributed by atoms with E-state index in [1.165, 1.54) is 0 Å². The first-order valence-electron chi connectivity index (χ1n) is 6.48. The van der Waals surface area contributed by atoms with E-state index in [1.807, 2.05) is 36.1 Å². The average Bonchev–Trinajstić information content (AvgIpc) is 2.40. The highest BCUT2D eigenvalue weighted by Crippen LogP contribution is 2.10. The van der Waals surface area contributed by atoms with E-state index in [-0.39, 0.29) is 5.91 Å². The molecule has 0 N–H and O–H groups in total. The zero-order chi connectivity index (χ0) is 13.4. The maximum Gasteiger partial charge on any atom is 0.253 e. The predicted octanol–water partition coefficient (Wildman–Crippen LogP) is 3.01. The Morgan fingerprint density at radius 2 is 2.17 bits per heavy atom. The molecule has 0 heterocycles. The van der Waals surface area contributed by atoms with Crippen LogP contribution < -0.4 is 0 Å². The van der Waals surface area contributed by atoms with Crippen LogP contribution in [0.2, 0.25) is 0 Å². The first-order chi connectivity index (χ1) is 8.72. The Kier molecular flexibility index (Phi) is 5.93. The van der Waals surface area contributed by atoms with Gasteiger partial charge in [-0.25, -0.2) is 0 Å². The van der Waals surface area contributed by atoms with Crippen molar-refractivity contribution >= 4 is 5.91 Å². The molecule has 1 rings (SSSR count). The summed E-state index contributed by atoms with van der Waals surface area (Å²) >= 11 is 0. The van der Waals surface area contributed by atoms with Gasteiger partial charge in [0.25, 0.3) is 5.91 Å². The smallest absolute Gasteiger partial charge is 0.253 e. The van der Waals surface area contributed by atoms with E-state index in [0.29, 0.717) is 12.0 Å². The molecule has 0 saturated heterocycles. The minimum absolute atomic E-state index is 0.0609. The molecule has 0 fully saturated rings. The van der Waals surface area contributed by atoms with Crippen LogP contribution in [0.3, 0.4) is 0 Å². The molecule has 0 unspecified atom stereocenters. The summed E-state index contributed by atoms with van der Waals surface area (Å²) in [5.74, 6) is 0.0609. The normalized spacial score (nSPS) is 9.83. The van der Waals surface area contributed by atoms with Crippen LogP contribution in [0.5, 0.6) is 0 Å². The van der Waals surface area contributed by atoms with Crippen LogP contribution in [0.15, 0.2) is 24.3 Å². The van der Waals surface area contributed by atoms with Crippen molar-refractivity contribution in [2.75, 3.05) is 13.1 Å². The molecule has 3 heteroatoms. The molecular weight excluding hydrogens is 224 g/mol. The maximum atomic E-state index is 12.3. The lowest BCUT2D eigenvalue weighted by Gasteiger charge is -2.20. The van der Waals surface area contributed by atoms with Crippen molar-refractivity contribution < 1.29 is 4.79 Å². The van der Waals surface area contributed by atoms with E-state index < -0.39 is 0 Å². The van der Waals surface area contributed by atoms with E-state index in [2.05, 4.69) is 13.0 Å². The summed E-state index contributed by atoms with van der Waals surface area (Å²) in [4.78, 5) is 14.1. The Balaban J connectivity index is 2.81. The number of carbonyl (C=O) groups is 1. The fraction of sp³-hybridized carbons (Fsp3) is 0.467. The summed E-state index contributed by atoms with van der Waals surface area (Å²) in [6.45, 7) is 5.63. The van der Waals surface area contributed by atoms with E-state index in [9.17, 15) is 4.79 Å². The van der Waals surface area contributed by atoms with Crippen LogP contribution in [-0.4, -0.2) is 23.9 Å². The molecule has 96 valence electrons. The third-order valence-corrected chi connectivity index (χ3v) is 2.91. The molecule has 0 radical (unpaired) electrons. The monoisotopic (exact) mass is 244 g/mol. The number of rotatable bonds is 6. The second kappa shape index (κ2) is 7.50. The number of carbonyl (C=O) groups excluding carboxylic acids is 1. The third-order valence-electron chi connectivity index (χ3n) is 2.91. The standard InChI is InChI=1S/C15H20N2O/c1-3-5-11-17(4-2)15(18)14-8-6-7-13(12-14)9-10-16/h6-8,12H,3-5,9,11H2,1-2H3. The molecule has 0 spiro atoms. The van der Waals surface area contributed by atoms with Crippen LogP contribution in [-0.2, 0) is 6.42 Å². The van der Waals surface area contributed by atoms with Crippen molar-refractivity contribution in [2.24, 2.45) is 0 Å². The van der Waals surface area contributed by atoms with Gasteiger partial charge in [-0.3, -0.25) is 4.79 Å². The van der Waals surface area contributed by atoms with Gasteiger partial charge in [0, 0.05) is 18.7 Å². The number of benzene rings is 1. The van der Waals surface area contributed by atoms with Crippen LogP contribution in [0.1, 0.15) is 42.6 Å². The van der Waals surface area contributed by atoms with Crippen LogP contribution >= 0.6 is 0 Å². The zero-order valence-electron chi connectivity index (χ0n) is 11.1. The van der Waals surface area contributed by atoms with Gasteiger partial charge in [-0.1, -0.05) is 25.5 Å². The van der Waals surface area contributed by atoms with Crippen molar-refractivity contribution in [1.29, 1.82) is 5.26 Å². The van der Waals surface area contributed by atoms with Gasteiger partial charge in [0.1, 0.15) is 0 Å². The van der Waals surface area contributed by atoms with Crippen LogP contribution in [0.25, 0.3) is 0 Å². The first-order valence-corrected chi connectivity index (χ1v) is 6.48. The van der Waals surface area contributed by atoms with Gasteiger partial charge in [0.05, 0.1) is 12.5 Å². The molecule has 1 aromatic carbocycles. The third kappa shape index (κ3) is 3.89. The van der Waals surface area contributed by atoms with Gasteiger partial charge in [-0.15, -0.1) is 0 Å². The van der Waals surface area contributed by atoms with Gasteiger partial charge in [0.2, 0.25) is 0 Å². The van der Waals surface area contributed by atoms with Crippen molar-refractivity contribution in [3.05, 3.63) is 35.4 Å². The van der Waals surface area contributed by atoms with E-state index >= 15 is 0 Å². The van der Waals surface area contributed by atoms with Crippen molar-refractivity contribution in [3.8, 4) is 6.07 Å². The van der Waals surface area contributed by atoms with Crippen molar-refractivity contribution in [2.45, 2.75) is 33.1 Å². The molecule has 0 aliphatic rings. The van der Waals surface area contributed by atoms with Crippen molar-refractivity contribution in [1.82, 2.24) is 4.90 Å². The Hall–Kier alpha value is -1.82. The molecule has 0 aromatic heterocycles. The Bertz CT molecular complexity index is 434. The fourth-order valence-electron chi connectivity index (χ4n) is 1.84. The zero-order valence-corrected chi connectivity index (χ0v) is 11.1. The van der Waals surface area contributed by atoms with Crippen molar-refractivity contribution in [3.63, 3.8) is 0 Å². The van der Waals surface area contributed by atoms with Gasteiger partial charge in [-0.2, -0.15) is 5.26 Å². The number of nitrogens with zero attached hydrogens (tertiary/aromatic N) is 2. The number of unbranched alkanes of at least 4 members (excludes halogenated alkanes) is 1. The second-order valence-electron chi connectivity index (χ2n) is 4.27. The maximum absolute atomic E-state index is 12.3. The second-order valence-corrected chi connectivity index (χ2v) is 4.27. The van der Waals surface area contributed by atoms with E-state index in [1.54, 1.807) is 0 Å². The quantitative estimate of drug-likeness (QED) is 0.772. The summed E-state index contributed by atoms with van der Waals surface area (Å²) < 4.78 is 0. The summed E-state index contributed by atoms with van der Waals surface area (Å²) in [5.41, 5.74) is 1.58. The van der Waals surface area contributed by atoms with Gasteiger partial charge in [0.15, 0.2) is 0 Å². The van der Waals surface area contributed by atoms with Gasteiger partial charge >= 0.3 is 0 Å².